The molecule has 0 radical (unpaired) electrons. The van der Waals surface area contributed by atoms with E-state index in [2.05, 4.69) is 0 Å². The van der Waals surface area contributed by atoms with Crippen molar-refractivity contribution in [2.75, 3.05) is 0 Å². The van der Waals surface area contributed by atoms with Crippen LogP contribution in [0.4, 0.5) is 0 Å². The van der Waals surface area contributed by atoms with Gasteiger partial charge in [0.25, 0.3) is 0 Å². The molecule has 1 aromatic heterocycles. The molecule has 0 bridgehead atoms. The van der Waals surface area contributed by atoms with Crippen LogP contribution in [0.1, 0.15) is 5.56 Å². The molecule has 3 rings (SSSR count). The molecule has 0 saturated heterocycles. The topological polar surface area (TPSA) is 50.4 Å². The normalized spacial score (nSPS) is 10.8. The molecular weight excluding hydrogens is 240 g/mol. The van der Waals surface area contributed by atoms with Crippen LogP contribution in [-0.2, 0) is 0 Å². The minimum atomic E-state index is -0.422. The van der Waals surface area contributed by atoms with Gasteiger partial charge in [-0.2, -0.15) is 0 Å². The van der Waals surface area contributed by atoms with Crippen molar-refractivity contribution in [3.63, 3.8) is 0 Å². The van der Waals surface area contributed by atoms with Gasteiger partial charge in [0, 0.05) is 17.5 Å². The molecule has 0 fully saturated rings. The van der Waals surface area contributed by atoms with Gasteiger partial charge in [-0.05, 0) is 30.2 Å². The Hall–Kier alpha value is -2.55. The highest BCUT2D eigenvalue weighted by atomic mass is 16.4. The van der Waals surface area contributed by atoms with Gasteiger partial charge in [-0.25, -0.2) is 4.79 Å². The maximum atomic E-state index is 11.6. The lowest BCUT2D eigenvalue weighted by Gasteiger charge is -2.06. The molecule has 3 aromatic rings. The van der Waals surface area contributed by atoms with Crippen LogP contribution in [0.2, 0.25) is 0 Å². The zero-order valence-corrected chi connectivity index (χ0v) is 10.4. The van der Waals surface area contributed by atoms with Crippen LogP contribution in [0, 0.1) is 6.92 Å². The first-order valence-corrected chi connectivity index (χ1v) is 5.97. The predicted molar refractivity (Wildman–Crippen MR) is 74.3 cm³/mol. The van der Waals surface area contributed by atoms with Crippen molar-refractivity contribution >= 4 is 11.0 Å². The number of phenolic OH excluding ortho intramolecular Hbond substituents is 1. The van der Waals surface area contributed by atoms with Gasteiger partial charge in [0.15, 0.2) is 0 Å². The van der Waals surface area contributed by atoms with E-state index in [1.807, 2.05) is 31.2 Å². The Morgan fingerprint density at radius 1 is 1.05 bits per heavy atom. The summed E-state index contributed by atoms with van der Waals surface area (Å²) in [6, 6.07) is 14.2. The number of aryl methyl sites for hydroxylation is 1. The number of fused-ring (bicyclic) bond motifs is 1. The molecule has 3 heteroatoms. The molecule has 0 aliphatic rings. The van der Waals surface area contributed by atoms with Gasteiger partial charge in [0.05, 0.1) is 0 Å². The molecule has 0 spiro atoms. The highest BCUT2D eigenvalue weighted by Crippen LogP contribution is 2.29. The van der Waals surface area contributed by atoms with Crippen molar-refractivity contribution in [2.24, 2.45) is 0 Å². The molecule has 2 aromatic carbocycles. The highest BCUT2D eigenvalue weighted by Gasteiger charge is 2.08. The van der Waals surface area contributed by atoms with E-state index in [1.54, 1.807) is 12.1 Å². The fourth-order valence-corrected chi connectivity index (χ4v) is 2.20. The van der Waals surface area contributed by atoms with Crippen molar-refractivity contribution in [1.82, 2.24) is 0 Å². The van der Waals surface area contributed by atoms with Gasteiger partial charge >= 0.3 is 5.63 Å². The molecule has 0 aliphatic carbocycles. The van der Waals surface area contributed by atoms with E-state index in [0.29, 0.717) is 5.58 Å². The minimum Gasteiger partial charge on any atom is -0.508 e. The van der Waals surface area contributed by atoms with Gasteiger partial charge in [-0.1, -0.05) is 29.8 Å². The lowest BCUT2D eigenvalue weighted by molar-refractivity contribution is 0.473. The Morgan fingerprint density at radius 3 is 2.68 bits per heavy atom. The summed E-state index contributed by atoms with van der Waals surface area (Å²) in [5.74, 6) is 0.0806. The van der Waals surface area contributed by atoms with Gasteiger partial charge in [0.1, 0.15) is 11.3 Å². The van der Waals surface area contributed by atoms with Crippen LogP contribution in [-0.4, -0.2) is 5.11 Å². The van der Waals surface area contributed by atoms with Crippen molar-refractivity contribution in [2.45, 2.75) is 6.92 Å². The summed E-state index contributed by atoms with van der Waals surface area (Å²) in [6.07, 6.45) is 0. The Morgan fingerprint density at radius 2 is 1.89 bits per heavy atom. The molecule has 0 aliphatic heterocycles. The first-order valence-electron chi connectivity index (χ1n) is 5.97. The fourth-order valence-electron chi connectivity index (χ4n) is 2.20. The molecule has 94 valence electrons. The maximum absolute atomic E-state index is 11.6. The number of hydrogen-bond donors (Lipinski definition) is 1. The molecule has 0 saturated carbocycles. The molecule has 3 nitrogen and oxygen atoms in total. The number of phenols is 1. The van der Waals surface area contributed by atoms with Crippen molar-refractivity contribution in [3.05, 3.63) is 64.5 Å². The van der Waals surface area contributed by atoms with E-state index in [4.69, 9.17) is 4.42 Å². The van der Waals surface area contributed by atoms with E-state index in [1.165, 1.54) is 12.1 Å². The minimum absolute atomic E-state index is 0.0806. The summed E-state index contributed by atoms with van der Waals surface area (Å²) in [5, 5.41) is 10.3. The molecule has 0 unspecified atom stereocenters. The largest absolute Gasteiger partial charge is 0.508 e. The van der Waals surface area contributed by atoms with Gasteiger partial charge in [0.2, 0.25) is 0 Å². The zero-order chi connectivity index (χ0) is 13.4. The van der Waals surface area contributed by atoms with Crippen LogP contribution >= 0.6 is 0 Å². The summed E-state index contributed by atoms with van der Waals surface area (Å²) >= 11 is 0. The Kier molecular flexibility index (Phi) is 2.60. The van der Waals surface area contributed by atoms with Crippen molar-refractivity contribution < 1.29 is 9.52 Å². The quantitative estimate of drug-likeness (QED) is 0.674. The average Bonchev–Trinajstić information content (AvgIpc) is 2.37. The molecule has 0 amide bonds. The second-order valence-electron chi connectivity index (χ2n) is 4.53. The fraction of sp³-hybridized carbons (Fsp3) is 0.0625. The molecular formula is C16H12O3. The standard InChI is InChI=1S/C16H12O3/c1-10-3-2-4-11(7-10)14-9-16(18)19-15-8-12(17)5-6-13(14)15/h2-9,17H,1H3. The zero-order valence-electron chi connectivity index (χ0n) is 10.4. The number of rotatable bonds is 1. The van der Waals surface area contributed by atoms with E-state index in [-0.39, 0.29) is 5.75 Å². The van der Waals surface area contributed by atoms with E-state index >= 15 is 0 Å². The highest BCUT2D eigenvalue weighted by molar-refractivity contribution is 5.93. The Bertz CT molecular complexity index is 816. The Balaban J connectivity index is 2.37. The van der Waals surface area contributed by atoms with Crippen LogP contribution in [0.15, 0.2) is 57.7 Å². The van der Waals surface area contributed by atoms with Crippen LogP contribution < -0.4 is 5.63 Å². The number of aromatic hydroxyl groups is 1. The summed E-state index contributed by atoms with van der Waals surface area (Å²) < 4.78 is 5.12. The van der Waals surface area contributed by atoms with Crippen LogP contribution in [0.3, 0.4) is 0 Å². The van der Waals surface area contributed by atoms with Crippen LogP contribution in [0.5, 0.6) is 5.75 Å². The molecule has 19 heavy (non-hydrogen) atoms. The molecule has 1 N–H and O–H groups in total. The van der Waals surface area contributed by atoms with E-state index in [0.717, 1.165) is 22.1 Å². The van der Waals surface area contributed by atoms with Gasteiger partial charge in [-0.3, -0.25) is 0 Å². The van der Waals surface area contributed by atoms with Crippen molar-refractivity contribution in [1.29, 1.82) is 0 Å². The first-order chi connectivity index (χ1) is 9.13. The lowest BCUT2D eigenvalue weighted by atomic mass is 10.0. The number of benzene rings is 2. The van der Waals surface area contributed by atoms with E-state index < -0.39 is 5.63 Å². The molecule has 0 atom stereocenters. The molecule has 1 heterocycles. The second kappa shape index (κ2) is 4.28. The van der Waals surface area contributed by atoms with Crippen molar-refractivity contribution in [3.8, 4) is 16.9 Å². The third-order valence-corrected chi connectivity index (χ3v) is 3.06. The third kappa shape index (κ3) is 2.10. The average molecular weight is 252 g/mol. The SMILES string of the molecule is Cc1cccc(-c2cc(=O)oc3cc(O)ccc23)c1. The van der Waals surface area contributed by atoms with Gasteiger partial charge < -0.3 is 9.52 Å². The summed E-state index contributed by atoms with van der Waals surface area (Å²) in [7, 11) is 0. The Labute approximate surface area is 109 Å². The summed E-state index contributed by atoms with van der Waals surface area (Å²) in [5.41, 5.74) is 2.87. The third-order valence-electron chi connectivity index (χ3n) is 3.06. The summed E-state index contributed by atoms with van der Waals surface area (Å²) in [6.45, 7) is 2.00. The first kappa shape index (κ1) is 11.5. The van der Waals surface area contributed by atoms with E-state index in [9.17, 15) is 9.90 Å². The predicted octanol–water partition coefficient (Wildman–Crippen LogP) is 3.47. The number of hydrogen-bond acceptors (Lipinski definition) is 3. The monoisotopic (exact) mass is 252 g/mol. The maximum Gasteiger partial charge on any atom is 0.336 e. The second-order valence-corrected chi connectivity index (χ2v) is 4.53. The van der Waals surface area contributed by atoms with Crippen LogP contribution in [0.25, 0.3) is 22.1 Å². The lowest BCUT2D eigenvalue weighted by Crippen LogP contribution is -1.98. The van der Waals surface area contributed by atoms with Gasteiger partial charge in [-0.15, -0.1) is 0 Å². The summed E-state index contributed by atoms with van der Waals surface area (Å²) in [4.78, 5) is 11.6. The smallest absolute Gasteiger partial charge is 0.336 e.